The zero-order valence-electron chi connectivity index (χ0n) is 11.9. The number of hydrogen-bond acceptors (Lipinski definition) is 2. The van der Waals surface area contributed by atoms with Crippen LogP contribution in [0.4, 0.5) is 0 Å². The Morgan fingerprint density at radius 3 is 2.37 bits per heavy atom. The molecule has 1 rings (SSSR count). The smallest absolute Gasteiger partial charge is 0.335 e. The van der Waals surface area contributed by atoms with E-state index in [0.29, 0.717) is 5.56 Å². The molecular weight excluding hydrogens is 240 g/mol. The van der Waals surface area contributed by atoms with Crippen molar-refractivity contribution in [3.8, 4) is 5.75 Å². The third kappa shape index (κ3) is 6.27. The summed E-state index contributed by atoms with van der Waals surface area (Å²) in [7, 11) is 0. The standard InChI is InChI=1S/C16H24O3/c1-3-4-5-6-7-8-13(2)19-15-11-9-14(10-12-15)16(17)18/h9-13H,3-8H2,1-2H3,(H,17,18). The maximum atomic E-state index is 10.7. The van der Waals surface area contributed by atoms with E-state index in [1.54, 1.807) is 24.3 Å². The molecule has 1 atom stereocenters. The maximum absolute atomic E-state index is 10.7. The van der Waals surface area contributed by atoms with Crippen molar-refractivity contribution in [3.63, 3.8) is 0 Å². The van der Waals surface area contributed by atoms with Gasteiger partial charge >= 0.3 is 5.97 Å². The Kier molecular flexibility index (Phi) is 7.01. The van der Waals surface area contributed by atoms with E-state index in [2.05, 4.69) is 13.8 Å². The van der Waals surface area contributed by atoms with Crippen molar-refractivity contribution in [1.29, 1.82) is 0 Å². The van der Waals surface area contributed by atoms with E-state index >= 15 is 0 Å². The molecule has 0 fully saturated rings. The second-order valence-corrected chi connectivity index (χ2v) is 4.96. The van der Waals surface area contributed by atoms with Gasteiger partial charge in [-0.1, -0.05) is 32.6 Å². The van der Waals surface area contributed by atoms with Crippen molar-refractivity contribution in [2.24, 2.45) is 0 Å². The van der Waals surface area contributed by atoms with Crippen LogP contribution < -0.4 is 4.74 Å². The fourth-order valence-electron chi connectivity index (χ4n) is 2.00. The average molecular weight is 264 g/mol. The van der Waals surface area contributed by atoms with Crippen LogP contribution in [0.1, 0.15) is 62.7 Å². The monoisotopic (exact) mass is 264 g/mol. The Balaban J connectivity index is 2.27. The number of aromatic carboxylic acids is 1. The molecule has 0 aromatic heterocycles. The highest BCUT2D eigenvalue weighted by Gasteiger charge is 2.06. The molecule has 106 valence electrons. The summed E-state index contributed by atoms with van der Waals surface area (Å²) in [6, 6.07) is 6.59. The van der Waals surface area contributed by atoms with Crippen molar-refractivity contribution < 1.29 is 14.6 Å². The minimum Gasteiger partial charge on any atom is -0.491 e. The van der Waals surface area contributed by atoms with E-state index in [9.17, 15) is 4.79 Å². The van der Waals surface area contributed by atoms with Gasteiger partial charge in [0, 0.05) is 0 Å². The van der Waals surface area contributed by atoms with Gasteiger partial charge in [-0.05, 0) is 44.0 Å². The van der Waals surface area contributed by atoms with Crippen LogP contribution in [0.3, 0.4) is 0 Å². The predicted molar refractivity (Wildman–Crippen MR) is 76.9 cm³/mol. The number of benzene rings is 1. The fourth-order valence-corrected chi connectivity index (χ4v) is 2.00. The van der Waals surface area contributed by atoms with E-state index < -0.39 is 5.97 Å². The van der Waals surface area contributed by atoms with Gasteiger partial charge in [-0.3, -0.25) is 0 Å². The highest BCUT2D eigenvalue weighted by atomic mass is 16.5. The van der Waals surface area contributed by atoms with Gasteiger partial charge in [0.1, 0.15) is 5.75 Å². The number of rotatable bonds is 9. The Morgan fingerprint density at radius 1 is 1.16 bits per heavy atom. The predicted octanol–water partition coefficient (Wildman–Crippen LogP) is 4.51. The molecule has 0 aliphatic rings. The van der Waals surface area contributed by atoms with Crippen LogP contribution in [0, 0.1) is 0 Å². The van der Waals surface area contributed by atoms with Gasteiger partial charge in [0.05, 0.1) is 11.7 Å². The number of carboxylic acid groups (broad SMARTS) is 1. The third-order valence-electron chi connectivity index (χ3n) is 3.15. The van der Waals surface area contributed by atoms with Crippen molar-refractivity contribution in [1.82, 2.24) is 0 Å². The van der Waals surface area contributed by atoms with Gasteiger partial charge in [0.25, 0.3) is 0 Å². The Hall–Kier alpha value is -1.51. The lowest BCUT2D eigenvalue weighted by Gasteiger charge is -2.14. The van der Waals surface area contributed by atoms with Crippen molar-refractivity contribution in [2.45, 2.75) is 58.5 Å². The Bertz CT molecular complexity index is 370. The molecule has 0 saturated carbocycles. The first-order valence-electron chi connectivity index (χ1n) is 7.13. The largest absolute Gasteiger partial charge is 0.491 e. The quantitative estimate of drug-likeness (QED) is 0.667. The third-order valence-corrected chi connectivity index (χ3v) is 3.15. The summed E-state index contributed by atoms with van der Waals surface area (Å²) in [6.45, 7) is 4.28. The van der Waals surface area contributed by atoms with Gasteiger partial charge in [-0.2, -0.15) is 0 Å². The van der Waals surface area contributed by atoms with E-state index in [4.69, 9.17) is 9.84 Å². The lowest BCUT2D eigenvalue weighted by atomic mass is 10.1. The molecule has 0 spiro atoms. The Labute approximate surface area is 115 Å². The molecule has 0 bridgehead atoms. The molecule has 0 aliphatic carbocycles. The first-order chi connectivity index (χ1) is 9.13. The van der Waals surface area contributed by atoms with E-state index in [-0.39, 0.29) is 6.10 Å². The van der Waals surface area contributed by atoms with E-state index in [0.717, 1.165) is 12.2 Å². The molecule has 0 saturated heterocycles. The highest BCUT2D eigenvalue weighted by Crippen LogP contribution is 2.16. The van der Waals surface area contributed by atoms with Crippen LogP contribution in [0.15, 0.2) is 24.3 Å². The molecule has 1 aromatic carbocycles. The van der Waals surface area contributed by atoms with Crippen molar-refractivity contribution in [3.05, 3.63) is 29.8 Å². The topological polar surface area (TPSA) is 46.5 Å². The summed E-state index contributed by atoms with van der Waals surface area (Å²) < 4.78 is 5.76. The summed E-state index contributed by atoms with van der Waals surface area (Å²) in [4.78, 5) is 10.7. The van der Waals surface area contributed by atoms with E-state index in [1.165, 1.54) is 32.1 Å². The summed E-state index contributed by atoms with van der Waals surface area (Å²) in [5.74, 6) is -0.165. The van der Waals surface area contributed by atoms with Gasteiger partial charge in [-0.25, -0.2) is 4.79 Å². The summed E-state index contributed by atoms with van der Waals surface area (Å²) >= 11 is 0. The molecule has 1 N–H and O–H groups in total. The molecule has 19 heavy (non-hydrogen) atoms. The van der Waals surface area contributed by atoms with Crippen LogP contribution in [-0.4, -0.2) is 17.2 Å². The second kappa shape index (κ2) is 8.57. The molecule has 1 aromatic rings. The maximum Gasteiger partial charge on any atom is 0.335 e. The number of ether oxygens (including phenoxy) is 1. The van der Waals surface area contributed by atoms with E-state index in [1.807, 2.05) is 0 Å². The first-order valence-corrected chi connectivity index (χ1v) is 7.13. The minimum atomic E-state index is -0.907. The van der Waals surface area contributed by atoms with Gasteiger partial charge < -0.3 is 9.84 Å². The summed E-state index contributed by atoms with van der Waals surface area (Å²) in [5, 5.41) is 8.80. The molecule has 3 heteroatoms. The van der Waals surface area contributed by atoms with Crippen LogP contribution in [0.25, 0.3) is 0 Å². The van der Waals surface area contributed by atoms with Gasteiger partial charge in [0.15, 0.2) is 0 Å². The zero-order chi connectivity index (χ0) is 14.1. The van der Waals surface area contributed by atoms with Crippen molar-refractivity contribution in [2.75, 3.05) is 0 Å². The zero-order valence-corrected chi connectivity index (χ0v) is 11.9. The molecule has 3 nitrogen and oxygen atoms in total. The Morgan fingerprint density at radius 2 is 1.79 bits per heavy atom. The normalized spacial score (nSPS) is 12.1. The molecule has 0 aliphatic heterocycles. The molecule has 1 unspecified atom stereocenters. The molecular formula is C16H24O3. The second-order valence-electron chi connectivity index (χ2n) is 4.96. The van der Waals surface area contributed by atoms with Crippen LogP contribution in [-0.2, 0) is 0 Å². The number of unbranched alkanes of at least 4 members (excludes halogenated alkanes) is 4. The minimum absolute atomic E-state index is 0.178. The molecule has 0 radical (unpaired) electrons. The molecule has 0 heterocycles. The van der Waals surface area contributed by atoms with Crippen LogP contribution in [0.2, 0.25) is 0 Å². The van der Waals surface area contributed by atoms with Crippen LogP contribution >= 0.6 is 0 Å². The SMILES string of the molecule is CCCCCCCC(C)Oc1ccc(C(=O)O)cc1. The summed E-state index contributed by atoms with van der Waals surface area (Å²) in [5.41, 5.74) is 0.291. The number of carbonyl (C=O) groups is 1. The first kappa shape index (κ1) is 15.5. The average Bonchev–Trinajstić information content (AvgIpc) is 2.39. The van der Waals surface area contributed by atoms with Crippen molar-refractivity contribution >= 4 is 5.97 Å². The summed E-state index contributed by atoms with van der Waals surface area (Å²) in [6.07, 6.45) is 7.56. The van der Waals surface area contributed by atoms with Gasteiger partial charge in [0.2, 0.25) is 0 Å². The lowest BCUT2D eigenvalue weighted by Crippen LogP contribution is -2.11. The van der Waals surface area contributed by atoms with Gasteiger partial charge in [-0.15, -0.1) is 0 Å². The molecule has 0 amide bonds. The highest BCUT2D eigenvalue weighted by molar-refractivity contribution is 5.87. The number of carboxylic acids is 1. The number of hydrogen-bond donors (Lipinski definition) is 1. The lowest BCUT2D eigenvalue weighted by molar-refractivity contribution is 0.0697. The fraction of sp³-hybridized carbons (Fsp3) is 0.562. The van der Waals surface area contributed by atoms with Crippen LogP contribution in [0.5, 0.6) is 5.75 Å².